The molecule has 144 valence electrons. The third-order valence-corrected chi connectivity index (χ3v) is 4.72. The molecule has 0 unspecified atom stereocenters. The van der Waals surface area contributed by atoms with E-state index in [-0.39, 0.29) is 17.1 Å². The largest absolute Gasteiger partial charge is 0.496 e. The van der Waals surface area contributed by atoms with E-state index in [1.54, 1.807) is 18.2 Å². The van der Waals surface area contributed by atoms with Gasteiger partial charge in [0.05, 0.1) is 7.11 Å². The number of rotatable bonds is 4. The second-order valence-corrected chi connectivity index (χ2v) is 6.45. The van der Waals surface area contributed by atoms with Gasteiger partial charge in [0, 0.05) is 38.3 Å². The van der Waals surface area contributed by atoms with Crippen LogP contribution in [0.25, 0.3) is 0 Å². The second-order valence-electron chi connectivity index (χ2n) is 6.45. The van der Waals surface area contributed by atoms with Crippen molar-refractivity contribution in [2.75, 3.05) is 33.3 Å². The predicted octanol–water partition coefficient (Wildman–Crippen LogP) is 3.46. The number of hydrogen-bond acceptors (Lipinski definition) is 3. The number of benzene rings is 2. The van der Waals surface area contributed by atoms with E-state index < -0.39 is 17.5 Å². The molecule has 0 atom stereocenters. The highest BCUT2D eigenvalue weighted by molar-refractivity contribution is 5.97. The van der Waals surface area contributed by atoms with Gasteiger partial charge in [-0.2, -0.15) is 0 Å². The summed E-state index contributed by atoms with van der Waals surface area (Å²) in [5.41, 5.74) is 0.204. The zero-order valence-electron chi connectivity index (χ0n) is 15.1. The van der Waals surface area contributed by atoms with Crippen molar-refractivity contribution in [2.45, 2.75) is 13.0 Å². The fraction of sp³-hybridized carbons (Fsp3) is 0.350. The smallest absolute Gasteiger partial charge is 0.260 e. The molecule has 2 aromatic rings. The molecular weight excluding hydrogens is 357 g/mol. The summed E-state index contributed by atoms with van der Waals surface area (Å²) in [6.07, 6.45) is 0.652. The second kappa shape index (κ2) is 8.43. The fourth-order valence-corrected chi connectivity index (χ4v) is 3.26. The van der Waals surface area contributed by atoms with Crippen LogP contribution >= 0.6 is 0 Å². The van der Waals surface area contributed by atoms with Gasteiger partial charge in [0.1, 0.15) is 17.1 Å². The van der Waals surface area contributed by atoms with E-state index in [0.717, 1.165) is 6.07 Å². The number of carbonyl (C=O) groups excluding carboxylic acids is 1. The molecule has 2 aromatic carbocycles. The molecule has 7 heteroatoms. The van der Waals surface area contributed by atoms with Crippen LogP contribution in [0.3, 0.4) is 0 Å². The molecule has 0 aromatic heterocycles. The molecule has 0 N–H and O–H groups in total. The van der Waals surface area contributed by atoms with Gasteiger partial charge in [0.25, 0.3) is 5.91 Å². The summed E-state index contributed by atoms with van der Waals surface area (Å²) in [4.78, 5) is 16.3. The van der Waals surface area contributed by atoms with Gasteiger partial charge in [-0.15, -0.1) is 0 Å². The van der Waals surface area contributed by atoms with Gasteiger partial charge in [-0.1, -0.05) is 18.2 Å². The first-order valence-electron chi connectivity index (χ1n) is 8.78. The van der Waals surface area contributed by atoms with Crippen LogP contribution in [-0.4, -0.2) is 49.0 Å². The van der Waals surface area contributed by atoms with Crippen molar-refractivity contribution in [2.24, 2.45) is 0 Å². The Bertz CT molecular complexity index is 829. The van der Waals surface area contributed by atoms with Crippen molar-refractivity contribution in [1.82, 2.24) is 9.80 Å². The quantitative estimate of drug-likeness (QED) is 0.817. The van der Waals surface area contributed by atoms with Crippen LogP contribution in [0.4, 0.5) is 13.2 Å². The zero-order chi connectivity index (χ0) is 19.4. The molecule has 0 aliphatic carbocycles. The van der Waals surface area contributed by atoms with Crippen molar-refractivity contribution >= 4 is 5.91 Å². The SMILES string of the molecule is COc1ccc(F)c(F)c1C(=O)N1CCCN(Cc2ccccc2F)CC1. The summed E-state index contributed by atoms with van der Waals surface area (Å²) in [7, 11) is 1.31. The Morgan fingerprint density at radius 3 is 2.52 bits per heavy atom. The van der Waals surface area contributed by atoms with Gasteiger partial charge >= 0.3 is 0 Å². The molecule has 3 rings (SSSR count). The first kappa shape index (κ1) is 19.2. The van der Waals surface area contributed by atoms with Crippen molar-refractivity contribution in [3.05, 3.63) is 65.0 Å². The van der Waals surface area contributed by atoms with E-state index in [4.69, 9.17) is 4.74 Å². The molecule has 27 heavy (non-hydrogen) atoms. The lowest BCUT2D eigenvalue weighted by atomic mass is 10.1. The molecule has 0 radical (unpaired) electrons. The highest BCUT2D eigenvalue weighted by Gasteiger charge is 2.27. The Balaban J connectivity index is 1.72. The maximum Gasteiger partial charge on any atom is 0.260 e. The minimum atomic E-state index is -1.20. The van der Waals surface area contributed by atoms with Gasteiger partial charge in [-0.3, -0.25) is 9.69 Å². The number of methoxy groups -OCH3 is 1. The Labute approximate surface area is 156 Å². The average molecular weight is 378 g/mol. The minimum absolute atomic E-state index is 0.00589. The van der Waals surface area contributed by atoms with Crippen molar-refractivity contribution < 1.29 is 22.7 Å². The van der Waals surface area contributed by atoms with Crippen LogP contribution in [0.1, 0.15) is 22.3 Å². The van der Waals surface area contributed by atoms with Gasteiger partial charge in [-0.25, -0.2) is 13.2 Å². The van der Waals surface area contributed by atoms with Crippen molar-refractivity contribution in [3.63, 3.8) is 0 Å². The standard InChI is InChI=1S/C20H21F3N2O2/c1-27-17-8-7-16(22)19(23)18(17)20(26)25-10-4-9-24(11-12-25)13-14-5-2-3-6-15(14)21/h2-3,5-8H,4,9-13H2,1H3. The third-order valence-electron chi connectivity index (χ3n) is 4.72. The highest BCUT2D eigenvalue weighted by Crippen LogP contribution is 2.26. The average Bonchev–Trinajstić information content (AvgIpc) is 2.91. The molecule has 1 saturated heterocycles. The van der Waals surface area contributed by atoms with Gasteiger partial charge in [-0.05, 0) is 24.6 Å². The number of halogens is 3. The lowest BCUT2D eigenvalue weighted by Gasteiger charge is -2.23. The van der Waals surface area contributed by atoms with Crippen LogP contribution in [0.2, 0.25) is 0 Å². The summed E-state index contributed by atoms with van der Waals surface area (Å²) in [6, 6.07) is 8.75. The number of nitrogens with zero attached hydrogens (tertiary/aromatic N) is 2. The van der Waals surface area contributed by atoms with Crippen LogP contribution in [0, 0.1) is 17.5 Å². The lowest BCUT2D eigenvalue weighted by Crippen LogP contribution is -2.36. The molecule has 0 spiro atoms. The molecule has 1 aliphatic rings. The van der Waals surface area contributed by atoms with E-state index >= 15 is 0 Å². The van der Waals surface area contributed by atoms with Crippen LogP contribution < -0.4 is 4.74 Å². The Morgan fingerprint density at radius 1 is 1.00 bits per heavy atom. The third kappa shape index (κ3) is 4.24. The number of amides is 1. The Morgan fingerprint density at radius 2 is 1.78 bits per heavy atom. The summed E-state index contributed by atoms with van der Waals surface area (Å²) >= 11 is 0. The van der Waals surface area contributed by atoms with Crippen molar-refractivity contribution in [3.8, 4) is 5.75 Å². The van der Waals surface area contributed by atoms with E-state index in [0.29, 0.717) is 44.7 Å². The first-order valence-corrected chi connectivity index (χ1v) is 8.78. The van der Waals surface area contributed by atoms with Crippen LogP contribution in [-0.2, 0) is 6.54 Å². The highest BCUT2D eigenvalue weighted by atomic mass is 19.2. The zero-order valence-corrected chi connectivity index (χ0v) is 15.1. The van der Waals surface area contributed by atoms with Gasteiger partial charge in [0.15, 0.2) is 11.6 Å². The number of carbonyl (C=O) groups is 1. The van der Waals surface area contributed by atoms with E-state index in [1.807, 2.05) is 4.90 Å². The van der Waals surface area contributed by atoms with Crippen LogP contribution in [0.5, 0.6) is 5.75 Å². The van der Waals surface area contributed by atoms with Gasteiger partial charge < -0.3 is 9.64 Å². The summed E-state index contributed by atoms with van der Waals surface area (Å²) in [5.74, 6) is -3.15. The van der Waals surface area contributed by atoms with Crippen molar-refractivity contribution in [1.29, 1.82) is 0 Å². The molecule has 1 amide bonds. The van der Waals surface area contributed by atoms with E-state index in [2.05, 4.69) is 0 Å². The molecule has 1 fully saturated rings. The molecule has 4 nitrogen and oxygen atoms in total. The maximum absolute atomic E-state index is 14.2. The number of ether oxygens (including phenoxy) is 1. The molecule has 0 saturated carbocycles. The normalized spacial score (nSPS) is 15.5. The summed E-state index contributed by atoms with van der Waals surface area (Å²) in [6.45, 7) is 2.38. The van der Waals surface area contributed by atoms with E-state index in [1.165, 1.54) is 24.1 Å². The monoisotopic (exact) mass is 378 g/mol. The minimum Gasteiger partial charge on any atom is -0.496 e. The summed E-state index contributed by atoms with van der Waals surface area (Å²) < 4.78 is 46.7. The molecule has 1 heterocycles. The Kier molecular flexibility index (Phi) is 6.01. The maximum atomic E-state index is 14.2. The fourth-order valence-electron chi connectivity index (χ4n) is 3.26. The first-order chi connectivity index (χ1) is 13.0. The van der Waals surface area contributed by atoms with E-state index in [9.17, 15) is 18.0 Å². The Hall–Kier alpha value is -2.54. The lowest BCUT2D eigenvalue weighted by molar-refractivity contribution is 0.0751. The molecule has 0 bridgehead atoms. The number of hydrogen-bond donors (Lipinski definition) is 0. The molecular formula is C20H21F3N2O2. The van der Waals surface area contributed by atoms with Crippen LogP contribution in [0.15, 0.2) is 36.4 Å². The molecule has 1 aliphatic heterocycles. The summed E-state index contributed by atoms with van der Waals surface area (Å²) in [5, 5.41) is 0. The predicted molar refractivity (Wildman–Crippen MR) is 95.1 cm³/mol. The van der Waals surface area contributed by atoms with Gasteiger partial charge in [0.2, 0.25) is 0 Å². The topological polar surface area (TPSA) is 32.8 Å².